The monoisotopic (exact) mass is 278 g/mol. The third-order valence-corrected chi connectivity index (χ3v) is 2.56. The Labute approximate surface area is 99.0 Å². The Bertz CT molecular complexity index is 658. The highest BCUT2D eigenvalue weighted by atomic mass is 79.9. The number of nitrogens with zero attached hydrogens (tertiary/aromatic N) is 3. The molecule has 0 aliphatic heterocycles. The molecule has 0 spiro atoms. The van der Waals surface area contributed by atoms with Gasteiger partial charge in [0.15, 0.2) is 5.58 Å². The van der Waals surface area contributed by atoms with Crippen LogP contribution in [-0.2, 0) is 0 Å². The van der Waals surface area contributed by atoms with Crippen molar-refractivity contribution < 1.29 is 4.42 Å². The average molecular weight is 279 g/mol. The van der Waals surface area contributed by atoms with Crippen molar-refractivity contribution in [3.8, 4) is 6.01 Å². The SMILES string of the molecule is Nc1ccc2nc(-n3cc(Br)cn3)oc2c1. The summed E-state index contributed by atoms with van der Waals surface area (Å²) in [5.41, 5.74) is 7.72. The van der Waals surface area contributed by atoms with Crippen molar-refractivity contribution in [1.29, 1.82) is 0 Å². The summed E-state index contributed by atoms with van der Waals surface area (Å²) in [6, 6.07) is 5.76. The van der Waals surface area contributed by atoms with E-state index in [0.29, 0.717) is 17.3 Å². The Hall–Kier alpha value is -1.82. The highest BCUT2D eigenvalue weighted by Crippen LogP contribution is 2.21. The lowest BCUT2D eigenvalue weighted by Crippen LogP contribution is -1.93. The van der Waals surface area contributed by atoms with E-state index in [1.807, 2.05) is 6.07 Å². The Kier molecular flexibility index (Phi) is 1.97. The third-order valence-electron chi connectivity index (χ3n) is 2.15. The highest BCUT2D eigenvalue weighted by Gasteiger charge is 2.08. The minimum absolute atomic E-state index is 0.423. The molecule has 0 amide bonds. The number of oxazole rings is 1. The van der Waals surface area contributed by atoms with Crippen LogP contribution in [0.5, 0.6) is 0 Å². The van der Waals surface area contributed by atoms with Gasteiger partial charge in [-0.15, -0.1) is 0 Å². The van der Waals surface area contributed by atoms with Crippen LogP contribution < -0.4 is 5.73 Å². The van der Waals surface area contributed by atoms with Gasteiger partial charge < -0.3 is 10.2 Å². The molecular formula is C10H7BrN4O. The molecule has 0 aliphatic rings. The van der Waals surface area contributed by atoms with E-state index in [0.717, 1.165) is 9.99 Å². The fraction of sp³-hybridized carbons (Fsp3) is 0. The number of halogens is 1. The predicted molar refractivity (Wildman–Crippen MR) is 63.2 cm³/mol. The first-order valence-electron chi connectivity index (χ1n) is 4.59. The second-order valence-electron chi connectivity index (χ2n) is 3.33. The number of rotatable bonds is 1. The maximum atomic E-state index is 5.66. The van der Waals surface area contributed by atoms with Crippen molar-refractivity contribution in [3.05, 3.63) is 35.1 Å². The Morgan fingerprint density at radius 1 is 1.38 bits per heavy atom. The van der Waals surface area contributed by atoms with Gasteiger partial charge in [-0.2, -0.15) is 14.8 Å². The van der Waals surface area contributed by atoms with Gasteiger partial charge in [-0.3, -0.25) is 0 Å². The van der Waals surface area contributed by atoms with Gasteiger partial charge in [0.1, 0.15) is 5.52 Å². The molecule has 0 fully saturated rings. The molecule has 16 heavy (non-hydrogen) atoms. The summed E-state index contributed by atoms with van der Waals surface area (Å²) in [7, 11) is 0. The zero-order valence-corrected chi connectivity index (χ0v) is 9.68. The Morgan fingerprint density at radius 2 is 2.25 bits per heavy atom. The van der Waals surface area contributed by atoms with E-state index in [9.17, 15) is 0 Å². The lowest BCUT2D eigenvalue weighted by Gasteiger charge is -1.90. The first kappa shape index (κ1) is 9.41. The summed E-state index contributed by atoms with van der Waals surface area (Å²) in [6.45, 7) is 0. The van der Waals surface area contributed by atoms with Crippen LogP contribution in [0.4, 0.5) is 5.69 Å². The van der Waals surface area contributed by atoms with E-state index in [1.54, 1.807) is 29.2 Å². The highest BCUT2D eigenvalue weighted by molar-refractivity contribution is 9.10. The second kappa shape index (κ2) is 3.34. The van der Waals surface area contributed by atoms with Gasteiger partial charge in [0, 0.05) is 18.0 Å². The standard InChI is InChI=1S/C10H7BrN4O/c11-6-4-13-15(5-6)10-14-8-2-1-7(12)3-9(8)16-10/h1-5H,12H2. The number of hydrogen-bond donors (Lipinski definition) is 1. The molecule has 0 atom stereocenters. The topological polar surface area (TPSA) is 69.9 Å². The average Bonchev–Trinajstić information content (AvgIpc) is 2.83. The van der Waals surface area contributed by atoms with Crippen molar-refractivity contribution in [2.75, 3.05) is 5.73 Å². The van der Waals surface area contributed by atoms with E-state index in [-0.39, 0.29) is 0 Å². The van der Waals surface area contributed by atoms with E-state index in [4.69, 9.17) is 10.2 Å². The maximum absolute atomic E-state index is 5.66. The normalized spacial score (nSPS) is 11.1. The van der Waals surface area contributed by atoms with Crippen molar-refractivity contribution in [2.24, 2.45) is 0 Å². The smallest absolute Gasteiger partial charge is 0.323 e. The number of nitrogens with two attached hydrogens (primary N) is 1. The van der Waals surface area contributed by atoms with Gasteiger partial charge in [0.05, 0.1) is 10.7 Å². The van der Waals surface area contributed by atoms with E-state index < -0.39 is 0 Å². The van der Waals surface area contributed by atoms with Gasteiger partial charge in [-0.25, -0.2) is 0 Å². The summed E-state index contributed by atoms with van der Waals surface area (Å²) < 4.78 is 7.96. The molecule has 0 saturated heterocycles. The van der Waals surface area contributed by atoms with E-state index in [2.05, 4.69) is 26.0 Å². The molecular weight excluding hydrogens is 272 g/mol. The van der Waals surface area contributed by atoms with E-state index in [1.165, 1.54) is 0 Å². The summed E-state index contributed by atoms with van der Waals surface area (Å²) in [6.07, 6.45) is 3.44. The van der Waals surface area contributed by atoms with Crippen molar-refractivity contribution >= 4 is 32.7 Å². The number of aromatic nitrogens is 3. The molecule has 80 valence electrons. The third kappa shape index (κ3) is 1.47. The molecule has 3 aromatic rings. The molecule has 0 radical (unpaired) electrons. The minimum atomic E-state index is 0.423. The molecule has 2 N–H and O–H groups in total. The van der Waals surface area contributed by atoms with Crippen LogP contribution in [0.15, 0.2) is 39.5 Å². The summed E-state index contributed by atoms with van der Waals surface area (Å²) in [5.74, 6) is 0. The Morgan fingerprint density at radius 3 is 3.00 bits per heavy atom. The van der Waals surface area contributed by atoms with E-state index >= 15 is 0 Å². The minimum Gasteiger partial charge on any atom is -0.422 e. The molecule has 1 aromatic carbocycles. The van der Waals surface area contributed by atoms with Crippen LogP contribution in [0.25, 0.3) is 17.1 Å². The summed E-state index contributed by atoms with van der Waals surface area (Å²) in [5, 5.41) is 4.09. The molecule has 0 saturated carbocycles. The van der Waals surface area contributed by atoms with Crippen LogP contribution >= 0.6 is 15.9 Å². The molecule has 6 heteroatoms. The fourth-order valence-corrected chi connectivity index (χ4v) is 1.72. The first-order valence-corrected chi connectivity index (χ1v) is 5.38. The lowest BCUT2D eigenvalue weighted by molar-refractivity contribution is 0.543. The lowest BCUT2D eigenvalue weighted by atomic mass is 10.3. The van der Waals surface area contributed by atoms with Gasteiger partial charge in [-0.1, -0.05) is 0 Å². The number of nitrogen functional groups attached to an aromatic ring is 1. The Balaban J connectivity index is 2.18. The van der Waals surface area contributed by atoms with Gasteiger partial charge in [0.2, 0.25) is 0 Å². The molecule has 3 rings (SSSR count). The van der Waals surface area contributed by atoms with Crippen LogP contribution in [0.2, 0.25) is 0 Å². The number of benzene rings is 1. The zero-order chi connectivity index (χ0) is 11.1. The van der Waals surface area contributed by atoms with Crippen LogP contribution in [0.1, 0.15) is 0 Å². The zero-order valence-electron chi connectivity index (χ0n) is 8.09. The van der Waals surface area contributed by atoms with Gasteiger partial charge >= 0.3 is 6.01 Å². The second-order valence-corrected chi connectivity index (χ2v) is 4.24. The number of anilines is 1. The summed E-state index contributed by atoms with van der Waals surface area (Å²) >= 11 is 3.31. The maximum Gasteiger partial charge on any atom is 0.323 e. The largest absolute Gasteiger partial charge is 0.422 e. The number of hydrogen-bond acceptors (Lipinski definition) is 4. The molecule has 2 aromatic heterocycles. The quantitative estimate of drug-likeness (QED) is 0.694. The van der Waals surface area contributed by atoms with Crippen molar-refractivity contribution in [3.63, 3.8) is 0 Å². The number of fused-ring (bicyclic) bond motifs is 1. The van der Waals surface area contributed by atoms with Crippen LogP contribution in [0.3, 0.4) is 0 Å². The van der Waals surface area contributed by atoms with Crippen molar-refractivity contribution in [1.82, 2.24) is 14.8 Å². The van der Waals surface area contributed by atoms with Gasteiger partial charge in [-0.05, 0) is 28.1 Å². The molecule has 2 heterocycles. The van der Waals surface area contributed by atoms with Crippen molar-refractivity contribution in [2.45, 2.75) is 0 Å². The first-order chi connectivity index (χ1) is 7.72. The molecule has 0 unspecified atom stereocenters. The molecule has 5 nitrogen and oxygen atoms in total. The molecule has 0 bridgehead atoms. The predicted octanol–water partition coefficient (Wildman–Crippen LogP) is 2.36. The van der Waals surface area contributed by atoms with Crippen LogP contribution in [0, 0.1) is 0 Å². The van der Waals surface area contributed by atoms with Gasteiger partial charge in [0.25, 0.3) is 0 Å². The fourth-order valence-electron chi connectivity index (χ4n) is 1.43. The summed E-state index contributed by atoms with van der Waals surface area (Å²) in [4.78, 5) is 4.29. The van der Waals surface area contributed by atoms with Crippen LogP contribution in [-0.4, -0.2) is 14.8 Å². The molecule has 0 aliphatic carbocycles.